The zero-order valence-corrected chi connectivity index (χ0v) is 6.61. The Morgan fingerprint density at radius 1 is 1.56 bits per heavy atom. The van der Waals surface area contributed by atoms with E-state index in [-0.39, 0.29) is 0 Å². The largest absolute Gasteiger partial charge is 0.383 e. The second-order valence-corrected chi connectivity index (χ2v) is 1.90. The van der Waals surface area contributed by atoms with Gasteiger partial charge in [-0.2, -0.15) is 0 Å². The Bertz CT molecular complexity index is 52.9. The van der Waals surface area contributed by atoms with Crippen LogP contribution in [-0.2, 0) is 4.74 Å². The molecule has 9 heavy (non-hydrogen) atoms. The van der Waals surface area contributed by atoms with E-state index in [4.69, 9.17) is 4.74 Å². The minimum absolute atomic E-state index is 0.657. The standard InChI is InChI=1S/C5H11NO.C2H6/c1-7-4-5-2-3-6-5;1-2/h5-6H,2-4H2,1H3;1-2H3/t5-;/m1./s1. The van der Waals surface area contributed by atoms with Crippen LogP contribution in [0, 0.1) is 0 Å². The highest BCUT2D eigenvalue weighted by molar-refractivity contribution is 4.75. The molecule has 0 bridgehead atoms. The molecule has 0 unspecified atom stereocenters. The van der Waals surface area contributed by atoms with Crippen LogP contribution in [0.25, 0.3) is 0 Å². The number of nitrogens with one attached hydrogen (secondary N) is 1. The summed E-state index contributed by atoms with van der Waals surface area (Å²) < 4.78 is 4.88. The van der Waals surface area contributed by atoms with Crippen LogP contribution < -0.4 is 5.32 Å². The molecule has 1 aliphatic heterocycles. The van der Waals surface area contributed by atoms with E-state index in [1.54, 1.807) is 7.11 Å². The van der Waals surface area contributed by atoms with E-state index in [1.807, 2.05) is 13.8 Å². The van der Waals surface area contributed by atoms with Gasteiger partial charge in [0, 0.05) is 13.2 Å². The fourth-order valence-corrected chi connectivity index (χ4v) is 0.692. The molecule has 0 radical (unpaired) electrons. The van der Waals surface area contributed by atoms with Crippen molar-refractivity contribution in [3.05, 3.63) is 0 Å². The minimum Gasteiger partial charge on any atom is -0.383 e. The van der Waals surface area contributed by atoms with Crippen molar-refractivity contribution in [3.8, 4) is 0 Å². The Morgan fingerprint density at radius 2 is 2.11 bits per heavy atom. The van der Waals surface area contributed by atoms with Gasteiger partial charge in [-0.3, -0.25) is 0 Å². The van der Waals surface area contributed by atoms with Crippen molar-refractivity contribution in [2.24, 2.45) is 0 Å². The Balaban J connectivity index is 0.000000291. The Labute approximate surface area is 57.6 Å². The van der Waals surface area contributed by atoms with Crippen molar-refractivity contribution in [1.82, 2.24) is 5.32 Å². The van der Waals surface area contributed by atoms with Gasteiger partial charge in [-0.15, -0.1) is 0 Å². The lowest BCUT2D eigenvalue weighted by Gasteiger charge is -2.26. The molecule has 1 rings (SSSR count). The molecular formula is C7H17NO. The van der Waals surface area contributed by atoms with Crippen molar-refractivity contribution in [3.63, 3.8) is 0 Å². The van der Waals surface area contributed by atoms with Crippen LogP contribution in [0.4, 0.5) is 0 Å². The fourth-order valence-electron chi connectivity index (χ4n) is 0.692. The first kappa shape index (κ1) is 8.92. The number of hydrogen-bond acceptors (Lipinski definition) is 2. The monoisotopic (exact) mass is 131 g/mol. The quantitative estimate of drug-likeness (QED) is 0.604. The molecule has 1 N–H and O–H groups in total. The second-order valence-electron chi connectivity index (χ2n) is 1.90. The number of hydrogen-bond donors (Lipinski definition) is 1. The molecule has 1 saturated heterocycles. The lowest BCUT2D eigenvalue weighted by atomic mass is 10.1. The highest BCUT2D eigenvalue weighted by atomic mass is 16.5. The lowest BCUT2D eigenvalue weighted by molar-refractivity contribution is 0.139. The van der Waals surface area contributed by atoms with E-state index in [0.29, 0.717) is 6.04 Å². The Kier molecular flexibility index (Phi) is 5.99. The minimum atomic E-state index is 0.657. The average Bonchev–Trinajstić information content (AvgIpc) is 1.84. The van der Waals surface area contributed by atoms with Crippen molar-refractivity contribution in [1.29, 1.82) is 0 Å². The van der Waals surface area contributed by atoms with Gasteiger partial charge in [-0.05, 0) is 13.0 Å². The van der Waals surface area contributed by atoms with E-state index in [9.17, 15) is 0 Å². The highest BCUT2D eigenvalue weighted by Gasteiger charge is 2.14. The molecule has 0 saturated carbocycles. The molecule has 56 valence electrons. The summed E-state index contributed by atoms with van der Waals surface area (Å²) in [4.78, 5) is 0. The van der Waals surface area contributed by atoms with Gasteiger partial charge in [0.25, 0.3) is 0 Å². The van der Waals surface area contributed by atoms with Gasteiger partial charge in [0.1, 0.15) is 0 Å². The first-order valence-corrected chi connectivity index (χ1v) is 3.66. The predicted octanol–water partition coefficient (Wildman–Crippen LogP) is 1.02. The summed E-state index contributed by atoms with van der Waals surface area (Å²) in [7, 11) is 1.74. The predicted molar refractivity (Wildman–Crippen MR) is 39.6 cm³/mol. The van der Waals surface area contributed by atoms with E-state index in [2.05, 4.69) is 5.32 Å². The Hall–Kier alpha value is -0.0800. The summed E-state index contributed by atoms with van der Waals surface area (Å²) in [5.74, 6) is 0. The summed E-state index contributed by atoms with van der Waals surface area (Å²) in [5.41, 5.74) is 0. The van der Waals surface area contributed by atoms with E-state index < -0.39 is 0 Å². The molecule has 0 amide bonds. The van der Waals surface area contributed by atoms with Crippen LogP contribution in [0.5, 0.6) is 0 Å². The van der Waals surface area contributed by atoms with Crippen molar-refractivity contribution < 1.29 is 4.74 Å². The molecule has 2 heteroatoms. The maximum Gasteiger partial charge on any atom is 0.0616 e. The summed E-state index contributed by atoms with van der Waals surface area (Å²) in [6, 6.07) is 0.657. The van der Waals surface area contributed by atoms with Crippen molar-refractivity contribution in [2.75, 3.05) is 20.3 Å². The van der Waals surface area contributed by atoms with Crippen LogP contribution in [0.15, 0.2) is 0 Å². The van der Waals surface area contributed by atoms with Crippen LogP contribution >= 0.6 is 0 Å². The van der Waals surface area contributed by atoms with Gasteiger partial charge < -0.3 is 10.1 Å². The summed E-state index contributed by atoms with van der Waals surface area (Å²) in [6.07, 6.45) is 1.29. The molecular weight excluding hydrogens is 114 g/mol. The smallest absolute Gasteiger partial charge is 0.0616 e. The van der Waals surface area contributed by atoms with Crippen molar-refractivity contribution >= 4 is 0 Å². The number of rotatable bonds is 2. The van der Waals surface area contributed by atoms with Gasteiger partial charge in [0.15, 0.2) is 0 Å². The van der Waals surface area contributed by atoms with Crippen LogP contribution in [0.3, 0.4) is 0 Å². The first-order valence-electron chi connectivity index (χ1n) is 3.66. The number of methoxy groups -OCH3 is 1. The van der Waals surface area contributed by atoms with Crippen LogP contribution in [0.1, 0.15) is 20.3 Å². The topological polar surface area (TPSA) is 21.3 Å². The molecule has 0 aliphatic carbocycles. The third kappa shape index (κ3) is 3.49. The van der Waals surface area contributed by atoms with Gasteiger partial charge in [0.05, 0.1) is 6.61 Å². The SMILES string of the molecule is CC.COC[C@H]1CCN1. The van der Waals surface area contributed by atoms with Crippen LogP contribution in [-0.4, -0.2) is 26.3 Å². The molecule has 0 spiro atoms. The molecule has 1 heterocycles. The van der Waals surface area contributed by atoms with Gasteiger partial charge >= 0.3 is 0 Å². The summed E-state index contributed by atoms with van der Waals surface area (Å²) >= 11 is 0. The van der Waals surface area contributed by atoms with Crippen LogP contribution in [0.2, 0.25) is 0 Å². The van der Waals surface area contributed by atoms with Gasteiger partial charge in [-0.25, -0.2) is 0 Å². The maximum absolute atomic E-state index is 4.88. The van der Waals surface area contributed by atoms with E-state index in [1.165, 1.54) is 13.0 Å². The fraction of sp³-hybridized carbons (Fsp3) is 1.00. The van der Waals surface area contributed by atoms with E-state index >= 15 is 0 Å². The first-order chi connectivity index (χ1) is 4.43. The summed E-state index contributed by atoms with van der Waals surface area (Å²) in [5, 5.41) is 3.22. The highest BCUT2D eigenvalue weighted by Crippen LogP contribution is 1.99. The molecule has 0 aromatic carbocycles. The zero-order chi connectivity index (χ0) is 7.11. The molecule has 1 atom stereocenters. The molecule has 1 fully saturated rings. The van der Waals surface area contributed by atoms with E-state index in [0.717, 1.165) is 6.61 Å². The zero-order valence-electron chi connectivity index (χ0n) is 6.61. The van der Waals surface area contributed by atoms with Crippen molar-refractivity contribution in [2.45, 2.75) is 26.3 Å². The Morgan fingerprint density at radius 3 is 2.22 bits per heavy atom. The molecule has 0 aromatic rings. The third-order valence-electron chi connectivity index (χ3n) is 1.29. The average molecular weight is 131 g/mol. The normalized spacial score (nSPS) is 23.7. The van der Waals surface area contributed by atoms with Gasteiger partial charge in [0.2, 0.25) is 0 Å². The molecule has 2 nitrogen and oxygen atoms in total. The third-order valence-corrected chi connectivity index (χ3v) is 1.29. The molecule has 0 aromatic heterocycles. The molecule has 1 aliphatic rings. The van der Waals surface area contributed by atoms with Gasteiger partial charge in [-0.1, -0.05) is 13.8 Å². The lowest BCUT2D eigenvalue weighted by Crippen LogP contribution is -2.45. The summed E-state index contributed by atoms with van der Waals surface area (Å²) in [6.45, 7) is 6.05. The second kappa shape index (κ2) is 6.05. The maximum atomic E-state index is 4.88. The number of ether oxygens (including phenoxy) is 1.